The molecule has 0 saturated carbocycles. The molecule has 1 heterocycles. The summed E-state index contributed by atoms with van der Waals surface area (Å²) in [6, 6.07) is 3.54. The van der Waals surface area contributed by atoms with Gasteiger partial charge in [0, 0.05) is 13.3 Å². The Bertz CT molecular complexity index is 241. The van der Waals surface area contributed by atoms with Crippen LogP contribution in [0, 0.1) is 0 Å². The van der Waals surface area contributed by atoms with Crippen LogP contribution in [-0.2, 0) is 4.74 Å². The van der Waals surface area contributed by atoms with Gasteiger partial charge in [-0.15, -0.1) is 0 Å². The predicted octanol–water partition coefficient (Wildman–Crippen LogP) is 2.10. The van der Waals surface area contributed by atoms with Crippen molar-refractivity contribution < 1.29 is 14.2 Å². The third-order valence-corrected chi connectivity index (χ3v) is 1.26. The molecule has 1 aromatic rings. The van der Waals surface area contributed by atoms with Crippen molar-refractivity contribution in [1.82, 2.24) is 4.98 Å². The molecule has 0 aliphatic carbocycles. The molecule has 0 saturated heterocycles. The lowest BCUT2D eigenvalue weighted by Gasteiger charge is -2.07. The second-order valence-electron chi connectivity index (χ2n) is 2.06. The van der Waals surface area contributed by atoms with Gasteiger partial charge in [0.2, 0.25) is 0 Å². The highest BCUT2D eigenvalue weighted by Crippen LogP contribution is 2.22. The standard InChI is InChI=1S/C8H11NO3.C2H6/c1-10-6-12-7-4-3-5-9-8(7)11-2;1-2/h3-5H,6H2,1-2H3;1-2H3. The Morgan fingerprint density at radius 2 is 2.00 bits per heavy atom. The molecular weight excluding hydrogens is 182 g/mol. The second-order valence-corrected chi connectivity index (χ2v) is 2.06. The Kier molecular flexibility index (Phi) is 7.55. The summed E-state index contributed by atoms with van der Waals surface area (Å²) in [4.78, 5) is 3.95. The first-order valence-electron chi connectivity index (χ1n) is 4.49. The van der Waals surface area contributed by atoms with Gasteiger partial charge in [-0.1, -0.05) is 13.8 Å². The minimum Gasteiger partial charge on any atom is -0.478 e. The minimum absolute atomic E-state index is 0.196. The molecule has 14 heavy (non-hydrogen) atoms. The van der Waals surface area contributed by atoms with E-state index in [-0.39, 0.29) is 6.79 Å². The number of pyridine rings is 1. The topological polar surface area (TPSA) is 40.6 Å². The van der Waals surface area contributed by atoms with Crippen LogP contribution in [0.4, 0.5) is 0 Å². The quantitative estimate of drug-likeness (QED) is 0.696. The van der Waals surface area contributed by atoms with Gasteiger partial charge in [-0.25, -0.2) is 4.98 Å². The van der Waals surface area contributed by atoms with Crippen LogP contribution in [0.3, 0.4) is 0 Å². The number of nitrogens with zero attached hydrogens (tertiary/aromatic N) is 1. The summed E-state index contributed by atoms with van der Waals surface area (Å²) in [5.41, 5.74) is 0. The lowest BCUT2D eigenvalue weighted by molar-refractivity contribution is 0.0486. The van der Waals surface area contributed by atoms with E-state index in [2.05, 4.69) is 4.98 Å². The van der Waals surface area contributed by atoms with E-state index in [1.54, 1.807) is 32.5 Å². The molecule has 0 radical (unpaired) electrons. The van der Waals surface area contributed by atoms with Gasteiger partial charge in [-0.3, -0.25) is 0 Å². The molecule has 0 unspecified atom stereocenters. The van der Waals surface area contributed by atoms with Gasteiger partial charge >= 0.3 is 0 Å². The van der Waals surface area contributed by atoms with Crippen molar-refractivity contribution in [3.8, 4) is 11.6 Å². The van der Waals surface area contributed by atoms with Crippen molar-refractivity contribution in [3.63, 3.8) is 0 Å². The number of rotatable bonds is 4. The zero-order chi connectivity index (χ0) is 10.8. The van der Waals surface area contributed by atoms with Crippen LogP contribution in [0.5, 0.6) is 11.6 Å². The maximum Gasteiger partial charge on any atom is 0.256 e. The lowest BCUT2D eigenvalue weighted by Crippen LogP contribution is -2.01. The fourth-order valence-electron chi connectivity index (χ4n) is 0.762. The van der Waals surface area contributed by atoms with E-state index in [0.29, 0.717) is 11.6 Å². The number of aromatic nitrogens is 1. The van der Waals surface area contributed by atoms with Crippen LogP contribution in [0.25, 0.3) is 0 Å². The molecule has 4 nitrogen and oxygen atoms in total. The van der Waals surface area contributed by atoms with Crippen molar-refractivity contribution in [2.45, 2.75) is 13.8 Å². The van der Waals surface area contributed by atoms with E-state index in [1.807, 2.05) is 13.8 Å². The Hall–Kier alpha value is -1.29. The van der Waals surface area contributed by atoms with Crippen LogP contribution < -0.4 is 9.47 Å². The van der Waals surface area contributed by atoms with Crippen LogP contribution in [-0.4, -0.2) is 26.0 Å². The molecule has 0 fully saturated rings. The van der Waals surface area contributed by atoms with Crippen LogP contribution in [0.15, 0.2) is 18.3 Å². The fraction of sp³-hybridized carbons (Fsp3) is 0.500. The summed E-state index contributed by atoms with van der Waals surface area (Å²) < 4.78 is 14.9. The van der Waals surface area contributed by atoms with Gasteiger partial charge < -0.3 is 14.2 Å². The smallest absolute Gasteiger partial charge is 0.256 e. The number of methoxy groups -OCH3 is 2. The van der Waals surface area contributed by atoms with Gasteiger partial charge in [-0.05, 0) is 12.1 Å². The molecule has 4 heteroatoms. The van der Waals surface area contributed by atoms with Crippen molar-refractivity contribution in [2.75, 3.05) is 21.0 Å². The monoisotopic (exact) mass is 199 g/mol. The summed E-state index contributed by atoms with van der Waals surface area (Å²) >= 11 is 0. The van der Waals surface area contributed by atoms with Crippen LogP contribution >= 0.6 is 0 Å². The SMILES string of the molecule is CC.COCOc1cccnc1OC. The molecule has 0 aromatic carbocycles. The third kappa shape index (κ3) is 4.09. The minimum atomic E-state index is 0.196. The molecular formula is C10H17NO3. The zero-order valence-corrected chi connectivity index (χ0v) is 9.11. The summed E-state index contributed by atoms with van der Waals surface area (Å²) in [6.07, 6.45) is 1.64. The Balaban J connectivity index is 0.000000791. The van der Waals surface area contributed by atoms with E-state index < -0.39 is 0 Å². The Labute approximate surface area is 84.8 Å². The third-order valence-electron chi connectivity index (χ3n) is 1.26. The van der Waals surface area contributed by atoms with Gasteiger partial charge in [0.25, 0.3) is 5.88 Å². The summed E-state index contributed by atoms with van der Waals surface area (Å²) in [7, 11) is 3.10. The highest BCUT2D eigenvalue weighted by Gasteiger charge is 2.02. The first-order valence-corrected chi connectivity index (χ1v) is 4.49. The first kappa shape index (κ1) is 12.7. The van der Waals surface area contributed by atoms with Gasteiger partial charge in [0.15, 0.2) is 12.5 Å². The van der Waals surface area contributed by atoms with Gasteiger partial charge in [0.1, 0.15) is 0 Å². The van der Waals surface area contributed by atoms with E-state index in [0.717, 1.165) is 0 Å². The number of hydrogen-bond donors (Lipinski definition) is 0. The van der Waals surface area contributed by atoms with Crippen molar-refractivity contribution in [1.29, 1.82) is 0 Å². The molecule has 0 bridgehead atoms. The molecule has 0 aliphatic rings. The highest BCUT2D eigenvalue weighted by molar-refractivity contribution is 5.32. The molecule has 0 spiro atoms. The van der Waals surface area contributed by atoms with E-state index >= 15 is 0 Å². The van der Waals surface area contributed by atoms with E-state index in [4.69, 9.17) is 14.2 Å². The van der Waals surface area contributed by atoms with Gasteiger partial charge in [-0.2, -0.15) is 0 Å². The molecule has 1 aromatic heterocycles. The summed E-state index contributed by atoms with van der Waals surface area (Å²) in [5, 5.41) is 0. The van der Waals surface area contributed by atoms with Crippen LogP contribution in [0.2, 0.25) is 0 Å². The maximum absolute atomic E-state index is 5.17. The average molecular weight is 199 g/mol. The lowest BCUT2D eigenvalue weighted by atomic mass is 10.4. The predicted molar refractivity (Wildman–Crippen MR) is 54.6 cm³/mol. The maximum atomic E-state index is 5.17. The van der Waals surface area contributed by atoms with Crippen molar-refractivity contribution in [3.05, 3.63) is 18.3 Å². The number of hydrogen-bond acceptors (Lipinski definition) is 4. The normalized spacial score (nSPS) is 8.57. The second kappa shape index (κ2) is 8.31. The fourth-order valence-corrected chi connectivity index (χ4v) is 0.762. The molecule has 0 aliphatic heterocycles. The summed E-state index contributed by atoms with van der Waals surface area (Å²) in [5.74, 6) is 1.05. The first-order chi connectivity index (χ1) is 6.88. The largest absolute Gasteiger partial charge is 0.478 e. The van der Waals surface area contributed by atoms with E-state index in [9.17, 15) is 0 Å². The number of ether oxygens (including phenoxy) is 3. The Morgan fingerprint density at radius 3 is 2.57 bits per heavy atom. The van der Waals surface area contributed by atoms with E-state index in [1.165, 1.54) is 0 Å². The Morgan fingerprint density at radius 1 is 1.29 bits per heavy atom. The molecule has 0 atom stereocenters. The molecule has 1 rings (SSSR count). The molecule has 0 amide bonds. The molecule has 0 N–H and O–H groups in total. The van der Waals surface area contributed by atoms with Crippen molar-refractivity contribution >= 4 is 0 Å². The van der Waals surface area contributed by atoms with Gasteiger partial charge in [0.05, 0.1) is 7.11 Å². The summed E-state index contributed by atoms with van der Waals surface area (Å²) in [6.45, 7) is 4.20. The average Bonchev–Trinajstić information content (AvgIpc) is 2.29. The van der Waals surface area contributed by atoms with Crippen LogP contribution in [0.1, 0.15) is 13.8 Å². The van der Waals surface area contributed by atoms with Crippen molar-refractivity contribution in [2.24, 2.45) is 0 Å². The molecule has 80 valence electrons. The zero-order valence-electron chi connectivity index (χ0n) is 9.11. The highest BCUT2D eigenvalue weighted by atomic mass is 16.7.